The van der Waals surface area contributed by atoms with E-state index in [1.54, 1.807) is 4.90 Å². The van der Waals surface area contributed by atoms with Gasteiger partial charge in [-0.15, -0.1) is 13.2 Å². The van der Waals surface area contributed by atoms with E-state index in [0.29, 0.717) is 37.8 Å². The van der Waals surface area contributed by atoms with E-state index in [9.17, 15) is 22.8 Å². The number of carbonyl (C=O) groups is 2. The number of alkyl halides is 3. The first-order valence-corrected chi connectivity index (χ1v) is 12.1. The quantitative estimate of drug-likeness (QED) is 0.520. The molecule has 36 heavy (non-hydrogen) atoms. The second kappa shape index (κ2) is 9.91. The highest BCUT2D eigenvalue weighted by molar-refractivity contribution is 5.92. The molecule has 0 radical (unpaired) electrons. The first kappa shape index (κ1) is 24.8. The number of fused-ring (bicyclic) bond motifs is 2. The number of benzene rings is 1. The lowest BCUT2D eigenvalue weighted by atomic mass is 9.82. The van der Waals surface area contributed by atoms with E-state index < -0.39 is 12.1 Å². The van der Waals surface area contributed by atoms with Gasteiger partial charge in [0.25, 0.3) is 0 Å². The number of likely N-dealkylation sites (tertiary alicyclic amines) is 2. The van der Waals surface area contributed by atoms with Crippen molar-refractivity contribution in [3.63, 3.8) is 0 Å². The van der Waals surface area contributed by atoms with E-state index in [-0.39, 0.29) is 41.4 Å². The Morgan fingerprint density at radius 1 is 0.972 bits per heavy atom. The summed E-state index contributed by atoms with van der Waals surface area (Å²) in [5.41, 5.74) is 9.69. The summed E-state index contributed by atoms with van der Waals surface area (Å²) in [6.07, 6.45) is 0.614. The molecule has 2 amide bonds. The fourth-order valence-electron chi connectivity index (χ4n) is 5.84. The van der Waals surface area contributed by atoms with Crippen LogP contribution >= 0.6 is 0 Å². The fourth-order valence-corrected chi connectivity index (χ4v) is 5.84. The maximum Gasteiger partial charge on any atom is 0.573 e. The van der Waals surface area contributed by atoms with Gasteiger partial charge in [0, 0.05) is 68.2 Å². The monoisotopic (exact) mass is 509 g/mol. The van der Waals surface area contributed by atoms with Crippen LogP contribution in [0.2, 0.25) is 0 Å². The minimum atomic E-state index is -4.83. The summed E-state index contributed by atoms with van der Waals surface area (Å²) in [7, 11) is 1.34. The fraction of sp³-hybridized carbons (Fsp3) is 0.583. The van der Waals surface area contributed by atoms with Gasteiger partial charge in [-0.25, -0.2) is 10.9 Å². The van der Waals surface area contributed by atoms with Gasteiger partial charge in [0.2, 0.25) is 11.8 Å². The first-order valence-electron chi connectivity index (χ1n) is 12.1. The van der Waals surface area contributed by atoms with Crippen LogP contribution in [0.15, 0.2) is 24.3 Å². The number of nitrogens with zero attached hydrogens (tertiary/aromatic N) is 2. The second-order valence-corrected chi connectivity index (χ2v) is 9.97. The predicted octanol–water partition coefficient (Wildman–Crippen LogP) is 1.67. The minimum absolute atomic E-state index is 0.0222. The van der Waals surface area contributed by atoms with Crippen molar-refractivity contribution >= 4 is 17.9 Å². The second-order valence-electron chi connectivity index (χ2n) is 9.97. The molecular weight excluding hydrogens is 479 g/mol. The van der Waals surface area contributed by atoms with Crippen LogP contribution in [-0.2, 0) is 9.59 Å². The summed E-state index contributed by atoms with van der Waals surface area (Å²) in [5.74, 6) is 0.263. The molecule has 9 nitrogen and oxygen atoms in total. The average Bonchev–Trinajstić information content (AvgIpc) is 3.55. The number of ether oxygens (including phenoxy) is 2. The molecule has 4 fully saturated rings. The van der Waals surface area contributed by atoms with Crippen LogP contribution in [0.25, 0.3) is 6.08 Å². The lowest BCUT2D eigenvalue weighted by Crippen LogP contribution is -2.45. The molecule has 1 saturated carbocycles. The molecule has 3 saturated heterocycles. The van der Waals surface area contributed by atoms with Gasteiger partial charge in [-0.3, -0.25) is 9.59 Å². The number of amides is 2. The van der Waals surface area contributed by atoms with Crippen molar-refractivity contribution in [1.29, 1.82) is 0 Å². The number of halogens is 3. The Bertz CT molecular complexity index is 1020. The summed E-state index contributed by atoms with van der Waals surface area (Å²) in [5, 5.41) is 0. The van der Waals surface area contributed by atoms with Gasteiger partial charge < -0.3 is 19.3 Å². The molecule has 5 rings (SSSR count). The highest BCUT2D eigenvalue weighted by Crippen LogP contribution is 2.35. The summed E-state index contributed by atoms with van der Waals surface area (Å²) in [4.78, 5) is 29.6. The number of methoxy groups -OCH3 is 1. The molecule has 1 aromatic rings. The molecule has 4 aliphatic rings. The summed E-state index contributed by atoms with van der Waals surface area (Å²) >= 11 is 0. The van der Waals surface area contributed by atoms with Gasteiger partial charge in [0.15, 0.2) is 0 Å². The van der Waals surface area contributed by atoms with E-state index in [0.717, 1.165) is 25.3 Å². The van der Waals surface area contributed by atoms with Crippen LogP contribution in [0.4, 0.5) is 13.2 Å². The molecule has 1 aromatic carbocycles. The van der Waals surface area contributed by atoms with Crippen LogP contribution in [0.5, 0.6) is 11.5 Å². The number of hydrazine groups is 2. The van der Waals surface area contributed by atoms with Gasteiger partial charge >= 0.3 is 6.36 Å². The van der Waals surface area contributed by atoms with Crippen molar-refractivity contribution < 1.29 is 32.2 Å². The number of hydrogen-bond acceptors (Lipinski definition) is 7. The molecule has 3 heterocycles. The summed E-state index contributed by atoms with van der Waals surface area (Å²) < 4.78 is 46.8. The predicted molar refractivity (Wildman–Crippen MR) is 123 cm³/mol. The molecule has 0 spiro atoms. The van der Waals surface area contributed by atoms with E-state index in [1.807, 2.05) is 4.90 Å². The number of rotatable bonds is 5. The highest BCUT2D eigenvalue weighted by Gasteiger charge is 2.45. The molecule has 12 heteroatoms. The third-order valence-corrected chi connectivity index (χ3v) is 7.61. The Morgan fingerprint density at radius 2 is 1.64 bits per heavy atom. The van der Waals surface area contributed by atoms with Gasteiger partial charge in [0.05, 0.1) is 7.11 Å². The van der Waals surface area contributed by atoms with Gasteiger partial charge in [-0.1, -0.05) is 0 Å². The number of hydrogen-bond donors (Lipinski definition) is 3. The van der Waals surface area contributed by atoms with Crippen molar-refractivity contribution in [2.24, 2.45) is 17.8 Å². The van der Waals surface area contributed by atoms with Crippen molar-refractivity contribution in [2.75, 3.05) is 33.3 Å². The van der Waals surface area contributed by atoms with Gasteiger partial charge in [-0.2, -0.15) is 5.53 Å². The third-order valence-electron chi connectivity index (χ3n) is 7.61. The normalized spacial score (nSPS) is 29.9. The van der Waals surface area contributed by atoms with Crippen LogP contribution in [0.1, 0.15) is 24.8 Å². The molecule has 196 valence electrons. The number of nitrogens with one attached hydrogen (secondary N) is 3. The largest absolute Gasteiger partial charge is 0.573 e. The molecule has 3 N–H and O–H groups in total. The molecule has 3 aliphatic heterocycles. The first-order chi connectivity index (χ1) is 17.2. The third kappa shape index (κ3) is 5.45. The maximum atomic E-state index is 13.1. The van der Waals surface area contributed by atoms with Crippen molar-refractivity contribution in [3.05, 3.63) is 29.8 Å². The molecule has 1 aliphatic carbocycles. The summed E-state index contributed by atoms with van der Waals surface area (Å²) in [6.45, 7) is 2.42. The van der Waals surface area contributed by atoms with Crippen LogP contribution in [0.3, 0.4) is 0 Å². The van der Waals surface area contributed by atoms with Crippen molar-refractivity contribution in [2.45, 2.75) is 37.7 Å². The van der Waals surface area contributed by atoms with E-state index in [4.69, 9.17) is 4.74 Å². The average molecular weight is 510 g/mol. The Labute approximate surface area is 206 Å². The lowest BCUT2D eigenvalue weighted by Gasteiger charge is -2.32. The zero-order valence-corrected chi connectivity index (χ0v) is 19.9. The van der Waals surface area contributed by atoms with Gasteiger partial charge in [0.1, 0.15) is 11.5 Å². The standard InChI is InChI=1S/C24H30F3N5O4/c1-35-18-6-14(7-19(9-18)36-24(25,26)27)2-5-22(33)31-10-16-12-32(13-17(16)11-31)23(34)15-3-4-20-21(8-15)29-30-28-20/h2,5-7,9,15-17,20-21,28-30H,3-4,8,10-13H2,1H3/b5-2+/t15?,16-,17-,20?,21?/m1/s1. The lowest BCUT2D eigenvalue weighted by molar-refractivity contribution is -0.274. The zero-order chi connectivity index (χ0) is 25.4. The SMILES string of the molecule is COc1cc(/C=C/C(=O)N2C[C@@H]3CN(C(=O)C4CCC5NNNC5C4)C[C@H]3C2)cc(OC(F)(F)F)c1. The van der Waals surface area contributed by atoms with E-state index >= 15 is 0 Å². The highest BCUT2D eigenvalue weighted by atomic mass is 19.4. The molecule has 3 unspecified atom stereocenters. The Balaban J connectivity index is 1.15. The number of carbonyl (C=O) groups excluding carboxylic acids is 2. The Morgan fingerprint density at radius 3 is 2.33 bits per heavy atom. The molecule has 0 aromatic heterocycles. The van der Waals surface area contributed by atoms with E-state index in [2.05, 4.69) is 21.1 Å². The molecule has 0 bridgehead atoms. The van der Waals surface area contributed by atoms with Crippen LogP contribution < -0.4 is 25.9 Å². The van der Waals surface area contributed by atoms with Crippen molar-refractivity contribution in [3.8, 4) is 11.5 Å². The zero-order valence-electron chi connectivity index (χ0n) is 19.9. The minimum Gasteiger partial charge on any atom is -0.497 e. The smallest absolute Gasteiger partial charge is 0.497 e. The topological polar surface area (TPSA) is 95.2 Å². The van der Waals surface area contributed by atoms with Crippen LogP contribution in [0, 0.1) is 17.8 Å². The molecule has 5 atom stereocenters. The van der Waals surface area contributed by atoms with Crippen LogP contribution in [-0.4, -0.2) is 73.3 Å². The van der Waals surface area contributed by atoms with Crippen molar-refractivity contribution in [1.82, 2.24) is 26.2 Å². The molecular formula is C24H30F3N5O4. The maximum absolute atomic E-state index is 13.1. The van der Waals surface area contributed by atoms with E-state index in [1.165, 1.54) is 31.4 Å². The Kier molecular flexibility index (Phi) is 6.84. The Hall–Kier alpha value is -2.83. The van der Waals surface area contributed by atoms with Gasteiger partial charge in [-0.05, 0) is 43.0 Å². The summed E-state index contributed by atoms with van der Waals surface area (Å²) in [6, 6.07) is 4.47.